The molecule has 0 spiro atoms. The molecule has 3 nitrogen and oxygen atoms in total. The molecule has 0 aliphatic heterocycles. The van der Waals surface area contributed by atoms with Crippen LogP contribution in [-0.4, -0.2) is 9.97 Å². The maximum Gasteiger partial charge on any atom is 0.294 e. The molecular weight excluding hydrogens is 306 g/mol. The maximum atomic E-state index is 4.67. The Kier molecular flexibility index (Phi) is 3.65. The lowest BCUT2D eigenvalue weighted by atomic mass is 10.1. The van der Waals surface area contributed by atoms with Gasteiger partial charge in [-0.1, -0.05) is 30.3 Å². The van der Waals surface area contributed by atoms with Crippen molar-refractivity contribution in [2.45, 2.75) is 27.7 Å². The Balaban J connectivity index is 2.13. The van der Waals surface area contributed by atoms with Gasteiger partial charge in [0.1, 0.15) is 5.69 Å². The van der Waals surface area contributed by atoms with Crippen molar-refractivity contribution in [3.63, 3.8) is 0 Å². The molecule has 25 heavy (non-hydrogen) atoms. The van der Waals surface area contributed by atoms with Gasteiger partial charge >= 0.3 is 0 Å². The molecule has 0 saturated carbocycles. The molecular formula is C22H22N3+. The Hall–Kier alpha value is -2.94. The first-order valence-corrected chi connectivity index (χ1v) is 8.60. The minimum absolute atomic E-state index is 1.03. The summed E-state index contributed by atoms with van der Waals surface area (Å²) < 4.78 is 2.33. The molecule has 2 heterocycles. The third kappa shape index (κ3) is 2.52. The number of H-pyrrole nitrogens is 1. The SMILES string of the molecule is Cc1ccc(-c2[nH]c3ccccc3[n+]2-c2c(C)cccc2C)c(C)n1. The monoisotopic (exact) mass is 328 g/mol. The van der Waals surface area contributed by atoms with E-state index in [1.807, 2.05) is 6.92 Å². The zero-order valence-electron chi connectivity index (χ0n) is 15.1. The molecule has 4 aromatic rings. The second-order valence-electron chi connectivity index (χ2n) is 6.65. The van der Waals surface area contributed by atoms with E-state index in [1.54, 1.807) is 0 Å². The Morgan fingerprint density at radius 2 is 1.52 bits per heavy atom. The van der Waals surface area contributed by atoms with Crippen molar-refractivity contribution in [1.29, 1.82) is 0 Å². The highest BCUT2D eigenvalue weighted by Gasteiger charge is 2.25. The van der Waals surface area contributed by atoms with Crippen LogP contribution in [0.3, 0.4) is 0 Å². The Morgan fingerprint density at radius 3 is 2.24 bits per heavy atom. The first-order valence-electron chi connectivity index (χ1n) is 8.60. The number of hydrogen-bond acceptors (Lipinski definition) is 1. The van der Waals surface area contributed by atoms with E-state index < -0.39 is 0 Å². The number of hydrogen-bond donors (Lipinski definition) is 1. The average molecular weight is 328 g/mol. The molecule has 3 heteroatoms. The zero-order chi connectivity index (χ0) is 17.6. The molecule has 2 aromatic carbocycles. The van der Waals surface area contributed by atoms with E-state index in [1.165, 1.54) is 22.3 Å². The molecule has 0 aliphatic carbocycles. The van der Waals surface area contributed by atoms with Crippen LogP contribution >= 0.6 is 0 Å². The topological polar surface area (TPSA) is 32.6 Å². The van der Waals surface area contributed by atoms with Crippen LogP contribution in [0.2, 0.25) is 0 Å². The van der Waals surface area contributed by atoms with Crippen molar-refractivity contribution in [3.8, 4) is 17.1 Å². The molecule has 0 fully saturated rings. The number of rotatable bonds is 2. The molecule has 0 unspecified atom stereocenters. The van der Waals surface area contributed by atoms with Gasteiger partial charge in [-0.05, 0) is 63.1 Å². The number of aromatic amines is 1. The van der Waals surface area contributed by atoms with E-state index in [0.717, 1.165) is 28.3 Å². The Morgan fingerprint density at radius 1 is 0.800 bits per heavy atom. The van der Waals surface area contributed by atoms with Crippen molar-refractivity contribution in [2.75, 3.05) is 0 Å². The molecule has 0 saturated heterocycles. The first kappa shape index (κ1) is 15.6. The number of nitrogens with one attached hydrogen (secondary N) is 1. The number of imidazole rings is 1. The van der Waals surface area contributed by atoms with Gasteiger partial charge in [0, 0.05) is 5.69 Å². The van der Waals surface area contributed by atoms with Gasteiger partial charge in [-0.3, -0.25) is 4.98 Å². The third-order valence-electron chi connectivity index (χ3n) is 4.76. The fraction of sp³-hybridized carbons (Fsp3) is 0.182. The molecule has 0 atom stereocenters. The summed E-state index contributed by atoms with van der Waals surface area (Å²) in [7, 11) is 0. The van der Waals surface area contributed by atoms with Crippen LogP contribution in [0.4, 0.5) is 0 Å². The van der Waals surface area contributed by atoms with Crippen LogP contribution in [-0.2, 0) is 0 Å². The van der Waals surface area contributed by atoms with Crippen LogP contribution in [0.15, 0.2) is 54.6 Å². The number of benzene rings is 2. The fourth-order valence-electron chi connectivity index (χ4n) is 3.59. The average Bonchev–Trinajstić information content (AvgIpc) is 2.94. The molecule has 1 N–H and O–H groups in total. The summed E-state index contributed by atoms with van der Waals surface area (Å²) in [6, 6.07) is 19.1. The van der Waals surface area contributed by atoms with Gasteiger partial charge in [-0.2, -0.15) is 4.57 Å². The third-order valence-corrected chi connectivity index (χ3v) is 4.76. The highest BCUT2D eigenvalue weighted by molar-refractivity contribution is 5.76. The summed E-state index contributed by atoms with van der Waals surface area (Å²) in [6.45, 7) is 8.44. The van der Waals surface area contributed by atoms with Crippen molar-refractivity contribution >= 4 is 11.0 Å². The quantitative estimate of drug-likeness (QED) is 0.530. The van der Waals surface area contributed by atoms with Gasteiger partial charge in [0.15, 0.2) is 11.0 Å². The largest absolute Gasteiger partial charge is 0.294 e. The van der Waals surface area contributed by atoms with Crippen LogP contribution in [0.1, 0.15) is 22.5 Å². The van der Waals surface area contributed by atoms with Crippen molar-refractivity contribution in [3.05, 3.63) is 77.1 Å². The van der Waals surface area contributed by atoms with Crippen LogP contribution in [0.25, 0.3) is 28.1 Å². The molecule has 124 valence electrons. The van der Waals surface area contributed by atoms with Gasteiger partial charge in [-0.25, -0.2) is 4.98 Å². The standard InChI is InChI=1S/C22H21N3/c1-14-8-7-9-15(2)21(14)25-20-11-6-5-10-19(20)24-22(25)18-13-12-16(3)23-17(18)4/h5-13H,1-4H3/p+1. The summed E-state index contributed by atoms with van der Waals surface area (Å²) in [4.78, 5) is 8.28. The summed E-state index contributed by atoms with van der Waals surface area (Å²) in [5.41, 5.74) is 9.25. The molecule has 2 aromatic heterocycles. The highest BCUT2D eigenvalue weighted by Crippen LogP contribution is 2.25. The van der Waals surface area contributed by atoms with Crippen molar-refractivity contribution < 1.29 is 4.57 Å². The van der Waals surface area contributed by atoms with Gasteiger partial charge in [0.2, 0.25) is 0 Å². The van der Waals surface area contributed by atoms with Gasteiger partial charge in [0.05, 0.1) is 11.3 Å². The molecule has 0 aliphatic rings. The van der Waals surface area contributed by atoms with E-state index in [2.05, 4.69) is 89.9 Å². The molecule has 0 amide bonds. The van der Waals surface area contributed by atoms with Crippen molar-refractivity contribution in [1.82, 2.24) is 9.97 Å². The number of aromatic nitrogens is 3. The zero-order valence-corrected chi connectivity index (χ0v) is 15.1. The summed E-state index contributed by atoms with van der Waals surface area (Å²) >= 11 is 0. The second kappa shape index (κ2) is 5.85. The number of para-hydroxylation sites is 3. The van der Waals surface area contributed by atoms with Crippen LogP contribution in [0.5, 0.6) is 0 Å². The number of nitrogens with zero attached hydrogens (tertiary/aromatic N) is 2. The van der Waals surface area contributed by atoms with E-state index >= 15 is 0 Å². The Labute approximate surface area is 148 Å². The maximum absolute atomic E-state index is 4.67. The smallest absolute Gasteiger partial charge is 0.258 e. The second-order valence-corrected chi connectivity index (χ2v) is 6.65. The number of pyridine rings is 1. The van der Waals surface area contributed by atoms with Gasteiger partial charge in [0.25, 0.3) is 5.82 Å². The predicted octanol–water partition coefficient (Wildman–Crippen LogP) is 4.74. The normalized spacial score (nSPS) is 11.2. The minimum atomic E-state index is 1.03. The predicted molar refractivity (Wildman–Crippen MR) is 102 cm³/mol. The van der Waals surface area contributed by atoms with Crippen LogP contribution < -0.4 is 4.57 Å². The van der Waals surface area contributed by atoms with E-state index in [9.17, 15) is 0 Å². The van der Waals surface area contributed by atoms with Crippen molar-refractivity contribution in [2.24, 2.45) is 0 Å². The van der Waals surface area contributed by atoms with Gasteiger partial charge < -0.3 is 0 Å². The first-order chi connectivity index (χ1) is 12.1. The van der Waals surface area contributed by atoms with Gasteiger partial charge in [-0.15, -0.1) is 0 Å². The number of aryl methyl sites for hydroxylation is 4. The summed E-state index contributed by atoms with van der Waals surface area (Å²) in [5.74, 6) is 1.07. The minimum Gasteiger partial charge on any atom is -0.258 e. The molecule has 0 bridgehead atoms. The number of fused-ring (bicyclic) bond motifs is 1. The fourth-order valence-corrected chi connectivity index (χ4v) is 3.59. The Bertz CT molecular complexity index is 1070. The lowest BCUT2D eigenvalue weighted by Gasteiger charge is -2.09. The van der Waals surface area contributed by atoms with E-state index in [-0.39, 0.29) is 0 Å². The van der Waals surface area contributed by atoms with E-state index in [4.69, 9.17) is 0 Å². The molecule has 4 rings (SSSR count). The summed E-state index contributed by atoms with van der Waals surface area (Å²) in [5, 5.41) is 0. The lowest BCUT2D eigenvalue weighted by Crippen LogP contribution is -2.34. The molecule has 0 radical (unpaired) electrons. The highest BCUT2D eigenvalue weighted by atomic mass is 15.1. The van der Waals surface area contributed by atoms with E-state index in [0.29, 0.717) is 0 Å². The lowest BCUT2D eigenvalue weighted by molar-refractivity contribution is -0.555. The van der Waals surface area contributed by atoms with Crippen LogP contribution in [0, 0.1) is 27.7 Å². The summed E-state index contributed by atoms with van der Waals surface area (Å²) in [6.07, 6.45) is 0.